The Morgan fingerprint density at radius 3 is 2.20 bits per heavy atom. The molecule has 0 spiro atoms. The number of benzene rings is 3. The summed E-state index contributed by atoms with van der Waals surface area (Å²) in [5.41, 5.74) is 5.06. The molecule has 0 saturated carbocycles. The molecule has 1 aromatic heterocycles. The molecular weight excluding hydrogens is 440 g/mol. The smallest absolute Gasteiger partial charge is 0.226 e. The van der Waals surface area contributed by atoms with Gasteiger partial charge in [-0.05, 0) is 30.3 Å². The van der Waals surface area contributed by atoms with E-state index in [0.29, 0.717) is 39.8 Å². The first-order valence-electron chi connectivity index (χ1n) is 11.6. The molecular formula is C28H24N4O3. The summed E-state index contributed by atoms with van der Waals surface area (Å²) >= 11 is 0. The van der Waals surface area contributed by atoms with Gasteiger partial charge in [0.1, 0.15) is 0 Å². The van der Waals surface area contributed by atoms with E-state index in [-0.39, 0.29) is 11.5 Å². The topological polar surface area (TPSA) is 78.8 Å². The molecule has 1 aliphatic carbocycles. The lowest BCUT2D eigenvalue weighted by molar-refractivity contribution is 0.104. The molecule has 6 rings (SSSR count). The van der Waals surface area contributed by atoms with E-state index in [0.717, 1.165) is 31.7 Å². The standard InChI is InChI=1S/C28H24N4O3/c1-35-23-17-18(11-12-22(23)33)25-24-26(20-9-5-6-10-21(20)27(24)34)30-28(29-25)32-15-13-31(14-16-32)19-7-3-2-4-8-19/h2-12,17,33H,13-16H2,1H3. The van der Waals surface area contributed by atoms with E-state index in [2.05, 4.69) is 34.1 Å². The average Bonchev–Trinajstić information content (AvgIpc) is 3.21. The van der Waals surface area contributed by atoms with Crippen LogP contribution in [0.2, 0.25) is 0 Å². The van der Waals surface area contributed by atoms with Gasteiger partial charge in [0, 0.05) is 48.6 Å². The molecule has 7 heteroatoms. The van der Waals surface area contributed by atoms with Gasteiger partial charge in [0.15, 0.2) is 17.3 Å². The summed E-state index contributed by atoms with van der Waals surface area (Å²) in [6, 6.07) is 23.0. The Kier molecular flexibility index (Phi) is 5.10. The molecule has 7 nitrogen and oxygen atoms in total. The number of carbonyl (C=O) groups is 1. The zero-order valence-corrected chi connectivity index (χ0v) is 19.3. The number of aromatic nitrogens is 2. The number of para-hydroxylation sites is 1. The fourth-order valence-corrected chi connectivity index (χ4v) is 4.86. The number of ether oxygens (including phenoxy) is 1. The van der Waals surface area contributed by atoms with Crippen LogP contribution in [0.3, 0.4) is 0 Å². The molecule has 0 unspecified atom stereocenters. The number of carbonyl (C=O) groups excluding carboxylic acids is 1. The van der Waals surface area contributed by atoms with Gasteiger partial charge in [-0.3, -0.25) is 4.79 Å². The van der Waals surface area contributed by atoms with Crippen molar-refractivity contribution >= 4 is 17.4 Å². The van der Waals surface area contributed by atoms with Crippen LogP contribution < -0.4 is 14.5 Å². The van der Waals surface area contributed by atoms with Gasteiger partial charge in [0.05, 0.1) is 24.1 Å². The van der Waals surface area contributed by atoms with E-state index in [1.54, 1.807) is 18.2 Å². The Morgan fingerprint density at radius 2 is 1.46 bits per heavy atom. The average molecular weight is 465 g/mol. The van der Waals surface area contributed by atoms with Crippen LogP contribution in [0.4, 0.5) is 11.6 Å². The lowest BCUT2D eigenvalue weighted by Gasteiger charge is -2.36. The van der Waals surface area contributed by atoms with Crippen molar-refractivity contribution in [1.29, 1.82) is 0 Å². The van der Waals surface area contributed by atoms with E-state index < -0.39 is 0 Å². The second-order valence-corrected chi connectivity index (χ2v) is 8.67. The van der Waals surface area contributed by atoms with E-state index in [1.807, 2.05) is 30.3 Å². The number of nitrogens with zero attached hydrogens (tertiary/aromatic N) is 4. The molecule has 2 aliphatic rings. The lowest BCUT2D eigenvalue weighted by Crippen LogP contribution is -2.47. The number of anilines is 2. The quantitative estimate of drug-likeness (QED) is 0.422. The predicted molar refractivity (Wildman–Crippen MR) is 135 cm³/mol. The van der Waals surface area contributed by atoms with Crippen LogP contribution in [0, 0.1) is 0 Å². The highest BCUT2D eigenvalue weighted by Crippen LogP contribution is 2.42. The molecule has 0 bridgehead atoms. The van der Waals surface area contributed by atoms with Gasteiger partial charge in [0.2, 0.25) is 5.95 Å². The normalized spacial score (nSPS) is 14.6. The number of fused-ring (bicyclic) bond motifs is 3. The molecule has 1 fully saturated rings. The summed E-state index contributed by atoms with van der Waals surface area (Å²) in [7, 11) is 1.50. The van der Waals surface area contributed by atoms with Crippen LogP contribution in [0.25, 0.3) is 22.5 Å². The van der Waals surface area contributed by atoms with Gasteiger partial charge in [-0.2, -0.15) is 0 Å². The van der Waals surface area contributed by atoms with Crippen molar-refractivity contribution < 1.29 is 14.6 Å². The zero-order chi connectivity index (χ0) is 23.9. The maximum atomic E-state index is 13.4. The highest BCUT2D eigenvalue weighted by atomic mass is 16.5. The second kappa shape index (κ2) is 8.43. The molecule has 0 atom stereocenters. The summed E-state index contributed by atoms with van der Waals surface area (Å²) < 4.78 is 5.32. The van der Waals surface area contributed by atoms with Gasteiger partial charge >= 0.3 is 0 Å². The van der Waals surface area contributed by atoms with E-state index >= 15 is 0 Å². The third-order valence-corrected chi connectivity index (χ3v) is 6.69. The molecule has 35 heavy (non-hydrogen) atoms. The van der Waals surface area contributed by atoms with Gasteiger partial charge in [-0.25, -0.2) is 9.97 Å². The van der Waals surface area contributed by atoms with Gasteiger partial charge in [0.25, 0.3) is 0 Å². The molecule has 0 amide bonds. The summed E-state index contributed by atoms with van der Waals surface area (Å²) in [6.45, 7) is 3.23. The first-order chi connectivity index (χ1) is 17.1. The number of phenolic OH excluding ortho intramolecular Hbond substituents is 1. The SMILES string of the molecule is COc1cc(-c2nc(N3CCN(c4ccccc4)CC3)nc3c2C(=O)c2ccccc2-3)ccc1O. The number of rotatable bonds is 4. The van der Waals surface area contributed by atoms with Gasteiger partial charge in [-0.1, -0.05) is 42.5 Å². The van der Waals surface area contributed by atoms with Crippen molar-refractivity contribution in [3.63, 3.8) is 0 Å². The fraction of sp³-hybridized carbons (Fsp3) is 0.179. The zero-order valence-electron chi connectivity index (χ0n) is 19.3. The number of methoxy groups -OCH3 is 1. The summed E-state index contributed by atoms with van der Waals surface area (Å²) in [6.07, 6.45) is 0. The number of aromatic hydroxyl groups is 1. The minimum absolute atomic E-state index is 0.0359. The lowest BCUT2D eigenvalue weighted by atomic mass is 10.0. The molecule has 2 heterocycles. The predicted octanol–water partition coefficient (Wildman–Crippen LogP) is 4.40. The maximum Gasteiger partial charge on any atom is 0.226 e. The highest BCUT2D eigenvalue weighted by Gasteiger charge is 2.34. The number of piperazine rings is 1. The third-order valence-electron chi connectivity index (χ3n) is 6.69. The van der Waals surface area contributed by atoms with Crippen molar-refractivity contribution in [3.05, 3.63) is 83.9 Å². The summed E-state index contributed by atoms with van der Waals surface area (Å²) in [5, 5.41) is 10.1. The van der Waals surface area contributed by atoms with Gasteiger partial charge in [-0.15, -0.1) is 0 Å². The van der Waals surface area contributed by atoms with Crippen LogP contribution >= 0.6 is 0 Å². The molecule has 1 N–H and O–H groups in total. The number of ketones is 1. The van der Waals surface area contributed by atoms with Crippen molar-refractivity contribution in [1.82, 2.24) is 9.97 Å². The second-order valence-electron chi connectivity index (χ2n) is 8.67. The van der Waals surface area contributed by atoms with Crippen molar-refractivity contribution in [2.24, 2.45) is 0 Å². The largest absolute Gasteiger partial charge is 0.504 e. The van der Waals surface area contributed by atoms with E-state index in [4.69, 9.17) is 14.7 Å². The van der Waals surface area contributed by atoms with Crippen LogP contribution in [-0.4, -0.2) is 54.1 Å². The highest BCUT2D eigenvalue weighted by molar-refractivity contribution is 6.23. The summed E-state index contributed by atoms with van der Waals surface area (Å²) in [4.78, 5) is 27.8. The first-order valence-corrected chi connectivity index (χ1v) is 11.6. The summed E-state index contributed by atoms with van der Waals surface area (Å²) in [5.74, 6) is 0.880. The Labute approximate surface area is 203 Å². The van der Waals surface area contributed by atoms with Crippen LogP contribution in [-0.2, 0) is 0 Å². The van der Waals surface area contributed by atoms with E-state index in [1.165, 1.54) is 12.8 Å². The van der Waals surface area contributed by atoms with Gasteiger partial charge < -0.3 is 19.6 Å². The van der Waals surface area contributed by atoms with E-state index in [9.17, 15) is 9.90 Å². The van der Waals surface area contributed by atoms with Crippen LogP contribution in [0.1, 0.15) is 15.9 Å². The minimum atomic E-state index is -0.0851. The molecule has 4 aromatic rings. The Balaban J connectivity index is 1.43. The number of phenols is 1. The minimum Gasteiger partial charge on any atom is -0.504 e. The Morgan fingerprint density at radius 1 is 0.800 bits per heavy atom. The molecule has 3 aromatic carbocycles. The Bertz CT molecular complexity index is 1430. The first kappa shape index (κ1) is 21.2. The Hall–Kier alpha value is -4.39. The fourth-order valence-electron chi connectivity index (χ4n) is 4.86. The van der Waals surface area contributed by atoms with Crippen molar-refractivity contribution in [2.45, 2.75) is 0 Å². The van der Waals surface area contributed by atoms with Crippen LogP contribution in [0.15, 0.2) is 72.8 Å². The number of hydrogen-bond donors (Lipinski definition) is 1. The number of hydrogen-bond acceptors (Lipinski definition) is 7. The maximum absolute atomic E-state index is 13.4. The third kappa shape index (κ3) is 3.56. The monoisotopic (exact) mass is 464 g/mol. The van der Waals surface area contributed by atoms with Crippen molar-refractivity contribution in [2.75, 3.05) is 43.1 Å². The molecule has 1 saturated heterocycles. The molecule has 174 valence electrons. The molecule has 0 radical (unpaired) electrons. The molecule has 1 aliphatic heterocycles. The van der Waals surface area contributed by atoms with Crippen LogP contribution in [0.5, 0.6) is 11.5 Å². The van der Waals surface area contributed by atoms with Crippen molar-refractivity contribution in [3.8, 4) is 34.0 Å².